The van der Waals surface area contributed by atoms with Crippen molar-refractivity contribution in [1.82, 2.24) is 0 Å². The van der Waals surface area contributed by atoms with E-state index in [1.165, 1.54) is 0 Å². The lowest BCUT2D eigenvalue weighted by Gasteiger charge is -2.60. The van der Waals surface area contributed by atoms with Crippen LogP contribution < -0.4 is 0 Å². The van der Waals surface area contributed by atoms with Crippen molar-refractivity contribution in [2.24, 2.45) is 10.8 Å². The molecule has 0 N–H and O–H groups in total. The van der Waals surface area contributed by atoms with Gasteiger partial charge >= 0.3 is 0 Å². The zero-order valence-electron chi connectivity index (χ0n) is 13.4. The van der Waals surface area contributed by atoms with Crippen molar-refractivity contribution in [3.05, 3.63) is 0 Å². The van der Waals surface area contributed by atoms with E-state index < -0.39 is 5.79 Å². The summed E-state index contributed by atoms with van der Waals surface area (Å²) in [7, 11) is 0. The van der Waals surface area contributed by atoms with Crippen LogP contribution in [0, 0.1) is 10.8 Å². The number of fused-ring (bicyclic) bond motifs is 1. The van der Waals surface area contributed by atoms with Crippen LogP contribution in [0.4, 0.5) is 0 Å². The van der Waals surface area contributed by atoms with Crippen LogP contribution in [0.5, 0.6) is 0 Å². The lowest BCUT2D eigenvalue weighted by molar-refractivity contribution is -0.329. The molecule has 2 aliphatic heterocycles. The fraction of sp³-hybridized carbons (Fsp3) is 0.938. The quantitative estimate of drug-likeness (QED) is 0.732. The van der Waals surface area contributed by atoms with Gasteiger partial charge in [0.2, 0.25) is 0 Å². The molecule has 1 saturated carbocycles. The molecule has 0 bridgehead atoms. The molecule has 1 aliphatic carbocycles. The van der Waals surface area contributed by atoms with Gasteiger partial charge in [-0.25, -0.2) is 0 Å². The molecule has 0 aromatic carbocycles. The molecular weight excluding hydrogens is 272 g/mol. The van der Waals surface area contributed by atoms with Crippen LogP contribution in [-0.4, -0.2) is 43.8 Å². The van der Waals surface area contributed by atoms with Crippen molar-refractivity contribution in [2.75, 3.05) is 13.2 Å². The highest BCUT2D eigenvalue weighted by Gasteiger charge is 2.65. The summed E-state index contributed by atoms with van der Waals surface area (Å²) in [5.74, 6) is -0.532. The highest BCUT2D eigenvalue weighted by molar-refractivity contribution is 5.37. The fourth-order valence-electron chi connectivity index (χ4n) is 4.65. The lowest BCUT2D eigenvalue weighted by Crippen LogP contribution is -2.66. The molecule has 21 heavy (non-hydrogen) atoms. The van der Waals surface area contributed by atoms with Gasteiger partial charge < -0.3 is 18.9 Å². The van der Waals surface area contributed by atoms with Crippen molar-refractivity contribution in [3.8, 4) is 0 Å². The highest BCUT2D eigenvalue weighted by atomic mass is 16.7. The average molecular weight is 298 g/mol. The minimum Gasteiger partial charge on any atom is -0.462 e. The molecular formula is C16H26O5. The Hall–Kier alpha value is -0.650. The number of rotatable bonds is 2. The molecule has 0 unspecified atom stereocenters. The van der Waals surface area contributed by atoms with E-state index in [-0.39, 0.29) is 29.1 Å². The molecule has 3 fully saturated rings. The smallest absolute Gasteiger partial charge is 0.293 e. The number of carbonyl (C=O) groups excluding carboxylic acids is 1. The van der Waals surface area contributed by atoms with Gasteiger partial charge in [-0.15, -0.1) is 0 Å². The number of ether oxygens (including phenoxy) is 4. The van der Waals surface area contributed by atoms with E-state index >= 15 is 0 Å². The Labute approximate surface area is 126 Å². The summed E-state index contributed by atoms with van der Waals surface area (Å²) >= 11 is 0. The second-order valence-corrected chi connectivity index (χ2v) is 7.52. The monoisotopic (exact) mass is 298 g/mol. The van der Waals surface area contributed by atoms with Crippen LogP contribution >= 0.6 is 0 Å². The summed E-state index contributed by atoms with van der Waals surface area (Å²) in [5, 5.41) is 0. The van der Waals surface area contributed by atoms with Crippen molar-refractivity contribution < 1.29 is 23.7 Å². The largest absolute Gasteiger partial charge is 0.462 e. The van der Waals surface area contributed by atoms with Gasteiger partial charge in [0.25, 0.3) is 6.47 Å². The Balaban J connectivity index is 1.89. The lowest BCUT2D eigenvalue weighted by atomic mass is 9.56. The molecule has 0 aromatic rings. The Kier molecular flexibility index (Phi) is 3.58. The van der Waals surface area contributed by atoms with Crippen molar-refractivity contribution in [3.63, 3.8) is 0 Å². The molecule has 120 valence electrons. The maximum atomic E-state index is 10.7. The second-order valence-electron chi connectivity index (χ2n) is 7.52. The molecule has 2 heterocycles. The Morgan fingerprint density at radius 2 is 1.81 bits per heavy atom. The first-order chi connectivity index (χ1) is 9.85. The molecule has 0 amide bonds. The van der Waals surface area contributed by atoms with Gasteiger partial charge in [-0.1, -0.05) is 20.8 Å². The molecule has 0 aromatic heterocycles. The van der Waals surface area contributed by atoms with E-state index in [1.807, 2.05) is 6.92 Å². The SMILES string of the molecule is C[C@H]1O[C@H]2C(C)(C)C3(CC[C@]2(C)C[C@@H]1OC=O)OCCO3. The van der Waals surface area contributed by atoms with Gasteiger partial charge in [-0.05, 0) is 25.2 Å². The molecule has 5 heteroatoms. The number of carbonyl (C=O) groups is 1. The van der Waals surface area contributed by atoms with Gasteiger partial charge in [-0.3, -0.25) is 4.79 Å². The van der Waals surface area contributed by atoms with Crippen LogP contribution in [0.3, 0.4) is 0 Å². The average Bonchev–Trinajstić information content (AvgIpc) is 2.90. The van der Waals surface area contributed by atoms with E-state index in [0.29, 0.717) is 19.7 Å². The minimum atomic E-state index is -0.532. The Bertz CT molecular complexity index is 415. The van der Waals surface area contributed by atoms with Crippen LogP contribution in [-0.2, 0) is 23.7 Å². The van der Waals surface area contributed by atoms with Gasteiger partial charge in [0, 0.05) is 11.8 Å². The predicted octanol–water partition coefficient (Wildman–Crippen LogP) is 2.27. The maximum absolute atomic E-state index is 10.7. The van der Waals surface area contributed by atoms with Crippen molar-refractivity contribution >= 4 is 6.47 Å². The van der Waals surface area contributed by atoms with Crippen LogP contribution in [0.2, 0.25) is 0 Å². The maximum Gasteiger partial charge on any atom is 0.293 e. The first-order valence-electron chi connectivity index (χ1n) is 7.87. The summed E-state index contributed by atoms with van der Waals surface area (Å²) in [6.07, 6.45) is 2.39. The van der Waals surface area contributed by atoms with E-state index in [9.17, 15) is 4.79 Å². The minimum absolute atomic E-state index is 0.0236. The zero-order chi connectivity index (χ0) is 15.3. The Morgan fingerprint density at radius 1 is 1.14 bits per heavy atom. The summed E-state index contributed by atoms with van der Waals surface area (Å²) in [6.45, 7) is 10.4. The number of hydrogen-bond donors (Lipinski definition) is 0. The van der Waals surface area contributed by atoms with Gasteiger partial charge in [0.15, 0.2) is 5.79 Å². The first kappa shape index (κ1) is 15.3. The highest BCUT2D eigenvalue weighted by Crippen LogP contribution is 2.59. The third-order valence-corrected chi connectivity index (χ3v) is 5.82. The summed E-state index contributed by atoms with van der Waals surface area (Å²) in [6, 6.07) is 0. The third kappa shape index (κ3) is 2.13. The van der Waals surface area contributed by atoms with E-state index in [0.717, 1.165) is 19.3 Å². The fourth-order valence-corrected chi connectivity index (χ4v) is 4.65. The summed E-state index contributed by atoms with van der Waals surface area (Å²) in [5.41, 5.74) is -0.263. The number of hydrogen-bond acceptors (Lipinski definition) is 5. The standard InChI is InChI=1S/C16H26O5/c1-11-12(18-10-17)9-15(4)5-6-16(19-7-8-20-16)14(2,3)13(15)21-11/h10-13H,5-9H2,1-4H3/t11-,12+,13+,15-/m1/s1. The van der Waals surface area contributed by atoms with Gasteiger partial charge in [0.05, 0.1) is 25.4 Å². The summed E-state index contributed by atoms with van der Waals surface area (Å²) in [4.78, 5) is 10.7. The van der Waals surface area contributed by atoms with E-state index in [2.05, 4.69) is 20.8 Å². The summed E-state index contributed by atoms with van der Waals surface area (Å²) < 4.78 is 23.6. The zero-order valence-corrected chi connectivity index (χ0v) is 13.4. The van der Waals surface area contributed by atoms with Crippen molar-refractivity contribution in [2.45, 2.75) is 71.1 Å². The second kappa shape index (κ2) is 4.93. The topological polar surface area (TPSA) is 54.0 Å². The molecule has 4 atom stereocenters. The molecule has 0 radical (unpaired) electrons. The van der Waals surface area contributed by atoms with E-state index in [4.69, 9.17) is 18.9 Å². The van der Waals surface area contributed by atoms with Gasteiger partial charge in [0.1, 0.15) is 6.10 Å². The first-order valence-corrected chi connectivity index (χ1v) is 7.87. The molecule has 3 rings (SSSR count). The predicted molar refractivity (Wildman–Crippen MR) is 75.6 cm³/mol. The van der Waals surface area contributed by atoms with Crippen LogP contribution in [0.15, 0.2) is 0 Å². The molecule has 3 aliphatic rings. The van der Waals surface area contributed by atoms with Gasteiger partial charge in [-0.2, -0.15) is 0 Å². The molecule has 1 spiro atoms. The Morgan fingerprint density at radius 3 is 2.43 bits per heavy atom. The molecule has 5 nitrogen and oxygen atoms in total. The van der Waals surface area contributed by atoms with Crippen LogP contribution in [0.25, 0.3) is 0 Å². The normalized spacial score (nSPS) is 44.3. The third-order valence-electron chi connectivity index (χ3n) is 5.82. The van der Waals surface area contributed by atoms with Crippen LogP contribution in [0.1, 0.15) is 47.0 Å². The van der Waals surface area contributed by atoms with Crippen molar-refractivity contribution in [1.29, 1.82) is 0 Å². The van der Waals surface area contributed by atoms with E-state index in [1.54, 1.807) is 0 Å². The molecule has 2 saturated heterocycles.